The quantitative estimate of drug-likeness (QED) is 0.470. The fourth-order valence-corrected chi connectivity index (χ4v) is 2.92. The molecule has 0 heterocycles. The van der Waals surface area contributed by atoms with Gasteiger partial charge in [-0.1, -0.05) is 12.1 Å². The van der Waals surface area contributed by atoms with Gasteiger partial charge < -0.3 is 5.73 Å². The molecule has 2 aromatic carbocycles. The van der Waals surface area contributed by atoms with Gasteiger partial charge in [0.2, 0.25) is 0 Å². The van der Waals surface area contributed by atoms with Gasteiger partial charge in [0.15, 0.2) is 0 Å². The molecule has 0 spiro atoms. The van der Waals surface area contributed by atoms with E-state index in [0.29, 0.717) is 5.39 Å². The van der Waals surface area contributed by atoms with E-state index in [-0.39, 0.29) is 10.6 Å². The first-order chi connectivity index (χ1) is 7.39. The lowest BCUT2D eigenvalue weighted by molar-refractivity contribution is 0.484. The molecule has 2 aromatic rings. The molecule has 0 radical (unpaired) electrons. The van der Waals surface area contributed by atoms with Crippen LogP contribution >= 0.6 is 22.6 Å². The minimum atomic E-state index is -4.30. The number of nitrogen functional groups attached to an aromatic ring is 1. The van der Waals surface area contributed by atoms with Gasteiger partial charge in [-0.25, -0.2) is 0 Å². The monoisotopic (exact) mass is 349 g/mol. The van der Waals surface area contributed by atoms with Crippen molar-refractivity contribution in [1.82, 2.24) is 0 Å². The van der Waals surface area contributed by atoms with Crippen LogP contribution in [0.5, 0.6) is 0 Å². The summed E-state index contributed by atoms with van der Waals surface area (Å²) in [4.78, 5) is -0.221. The predicted octanol–water partition coefficient (Wildman–Crippen LogP) is 2.27. The molecule has 84 valence electrons. The summed E-state index contributed by atoms with van der Waals surface area (Å²) in [6, 6.07) is 8.42. The Morgan fingerprint density at radius 3 is 2.50 bits per heavy atom. The van der Waals surface area contributed by atoms with Crippen LogP contribution in [0.15, 0.2) is 35.2 Å². The zero-order valence-corrected chi connectivity index (χ0v) is 11.0. The predicted molar refractivity (Wildman–Crippen MR) is 70.9 cm³/mol. The zero-order chi connectivity index (χ0) is 11.9. The highest BCUT2D eigenvalue weighted by molar-refractivity contribution is 14.1. The highest BCUT2D eigenvalue weighted by atomic mass is 127. The molecule has 0 unspecified atom stereocenters. The second kappa shape index (κ2) is 3.86. The number of fused-ring (bicyclic) bond motifs is 1. The van der Waals surface area contributed by atoms with Crippen LogP contribution in [0, 0.1) is 3.57 Å². The van der Waals surface area contributed by atoms with Crippen LogP contribution < -0.4 is 5.73 Å². The van der Waals surface area contributed by atoms with E-state index in [0.717, 1.165) is 8.96 Å². The number of rotatable bonds is 1. The van der Waals surface area contributed by atoms with Crippen LogP contribution in [0.3, 0.4) is 0 Å². The van der Waals surface area contributed by atoms with Crippen molar-refractivity contribution in [2.24, 2.45) is 0 Å². The standard InChI is InChI=1S/C10H8INO3S/c11-7-2-3-8-6(5-7)1-4-9(12)10(8)16(13,14)15/h1-5H,12H2,(H,13,14,15). The van der Waals surface area contributed by atoms with Crippen LogP contribution in [0.25, 0.3) is 10.8 Å². The lowest BCUT2D eigenvalue weighted by atomic mass is 10.1. The minimum Gasteiger partial charge on any atom is -0.398 e. The van der Waals surface area contributed by atoms with E-state index < -0.39 is 10.1 Å². The number of hydrogen-bond donors (Lipinski definition) is 2. The smallest absolute Gasteiger partial charge is 0.297 e. The fourth-order valence-electron chi connectivity index (χ4n) is 1.58. The van der Waals surface area contributed by atoms with Crippen molar-refractivity contribution in [2.45, 2.75) is 4.90 Å². The topological polar surface area (TPSA) is 80.4 Å². The molecular formula is C10H8INO3S. The Labute approximate surface area is 106 Å². The molecule has 0 saturated heterocycles. The normalized spacial score (nSPS) is 11.9. The zero-order valence-electron chi connectivity index (χ0n) is 8.01. The van der Waals surface area contributed by atoms with Crippen molar-refractivity contribution in [3.8, 4) is 0 Å². The SMILES string of the molecule is Nc1ccc2cc(I)ccc2c1S(=O)(=O)O. The highest BCUT2D eigenvalue weighted by Gasteiger charge is 2.17. The molecule has 0 atom stereocenters. The van der Waals surface area contributed by atoms with E-state index in [1.165, 1.54) is 6.07 Å². The van der Waals surface area contributed by atoms with Crippen molar-refractivity contribution in [2.75, 3.05) is 5.73 Å². The molecule has 0 bridgehead atoms. The first-order valence-electron chi connectivity index (χ1n) is 4.35. The van der Waals surface area contributed by atoms with Gasteiger partial charge in [-0.2, -0.15) is 8.42 Å². The van der Waals surface area contributed by atoms with Gasteiger partial charge in [-0.15, -0.1) is 0 Å². The van der Waals surface area contributed by atoms with E-state index in [1.807, 2.05) is 6.07 Å². The average molecular weight is 349 g/mol. The fraction of sp³-hybridized carbons (Fsp3) is 0. The first kappa shape index (κ1) is 11.6. The molecule has 0 aromatic heterocycles. The lowest BCUT2D eigenvalue weighted by Gasteiger charge is -2.07. The van der Waals surface area contributed by atoms with Gasteiger partial charge in [0.1, 0.15) is 4.90 Å². The minimum absolute atomic E-state index is 0.0520. The van der Waals surface area contributed by atoms with Crippen molar-refractivity contribution in [1.29, 1.82) is 0 Å². The maximum Gasteiger partial charge on any atom is 0.297 e. The van der Waals surface area contributed by atoms with Crippen LogP contribution in [0.4, 0.5) is 5.69 Å². The average Bonchev–Trinajstić information content (AvgIpc) is 2.16. The van der Waals surface area contributed by atoms with Crippen LogP contribution in [0.2, 0.25) is 0 Å². The first-order valence-corrected chi connectivity index (χ1v) is 6.87. The maximum atomic E-state index is 11.2. The summed E-state index contributed by atoms with van der Waals surface area (Å²) in [5.41, 5.74) is 5.62. The molecule has 0 fully saturated rings. The van der Waals surface area contributed by atoms with Crippen molar-refractivity contribution in [3.63, 3.8) is 0 Å². The third-order valence-corrected chi connectivity index (χ3v) is 3.86. The van der Waals surface area contributed by atoms with Gasteiger partial charge in [0.05, 0.1) is 5.69 Å². The lowest BCUT2D eigenvalue weighted by Crippen LogP contribution is -2.04. The maximum absolute atomic E-state index is 11.2. The van der Waals surface area contributed by atoms with Gasteiger partial charge >= 0.3 is 0 Å². The van der Waals surface area contributed by atoms with E-state index in [2.05, 4.69) is 22.6 Å². The molecule has 2 rings (SSSR count). The summed E-state index contributed by atoms with van der Waals surface area (Å²) < 4.78 is 32.6. The summed E-state index contributed by atoms with van der Waals surface area (Å²) in [7, 11) is -4.30. The van der Waals surface area contributed by atoms with Gasteiger partial charge in [-0.3, -0.25) is 4.55 Å². The largest absolute Gasteiger partial charge is 0.398 e. The Kier molecular flexibility index (Phi) is 2.81. The van der Waals surface area contributed by atoms with Crippen LogP contribution in [0.1, 0.15) is 0 Å². The van der Waals surface area contributed by atoms with E-state index >= 15 is 0 Å². The van der Waals surface area contributed by atoms with Crippen molar-refractivity contribution >= 4 is 49.2 Å². The molecule has 3 N–H and O–H groups in total. The van der Waals surface area contributed by atoms with Gasteiger partial charge in [-0.05, 0) is 46.2 Å². The van der Waals surface area contributed by atoms with Gasteiger partial charge in [0, 0.05) is 8.96 Å². The molecule has 4 nitrogen and oxygen atoms in total. The van der Waals surface area contributed by atoms with Crippen LogP contribution in [-0.4, -0.2) is 13.0 Å². The number of anilines is 1. The highest BCUT2D eigenvalue weighted by Crippen LogP contribution is 2.29. The third kappa shape index (κ3) is 2.00. The van der Waals surface area contributed by atoms with E-state index in [9.17, 15) is 8.42 Å². The summed E-state index contributed by atoms with van der Waals surface area (Å²) >= 11 is 2.13. The molecule has 16 heavy (non-hydrogen) atoms. The second-order valence-corrected chi connectivity index (χ2v) is 5.93. The second-order valence-electron chi connectivity index (χ2n) is 3.32. The van der Waals surface area contributed by atoms with Crippen LogP contribution in [-0.2, 0) is 10.1 Å². The number of benzene rings is 2. The summed E-state index contributed by atoms with van der Waals surface area (Å²) in [6.45, 7) is 0. The van der Waals surface area contributed by atoms with Gasteiger partial charge in [0.25, 0.3) is 10.1 Å². The third-order valence-electron chi connectivity index (χ3n) is 2.22. The molecule has 0 amide bonds. The molecule has 0 saturated carbocycles. The molecule has 0 aliphatic carbocycles. The summed E-state index contributed by atoms with van der Waals surface area (Å²) in [5.74, 6) is 0. The molecule has 6 heteroatoms. The van der Waals surface area contributed by atoms with Crippen molar-refractivity contribution < 1.29 is 13.0 Å². The number of halogens is 1. The molecule has 0 aliphatic heterocycles. The molecule has 0 aliphatic rings. The Bertz CT molecular complexity index is 667. The number of nitrogens with two attached hydrogens (primary N) is 1. The Morgan fingerprint density at radius 2 is 1.88 bits per heavy atom. The van der Waals surface area contributed by atoms with E-state index in [4.69, 9.17) is 10.3 Å². The summed E-state index contributed by atoms with van der Waals surface area (Å²) in [6.07, 6.45) is 0. The van der Waals surface area contributed by atoms with Crippen molar-refractivity contribution in [3.05, 3.63) is 33.9 Å². The van der Waals surface area contributed by atoms with E-state index in [1.54, 1.807) is 18.2 Å². The summed E-state index contributed by atoms with van der Waals surface area (Å²) in [5, 5.41) is 1.16. The number of hydrogen-bond acceptors (Lipinski definition) is 3. The Morgan fingerprint density at radius 1 is 1.19 bits per heavy atom. The molecular weight excluding hydrogens is 341 g/mol. The Hall–Kier alpha value is -0.860. The Balaban J connectivity index is 2.97.